The normalized spacial score (nSPS) is 20.0. The maximum absolute atomic E-state index is 11.8. The lowest BCUT2D eigenvalue weighted by Crippen LogP contribution is -2.23. The molecule has 0 bridgehead atoms. The molecule has 1 aromatic heterocycles. The number of hydrogen-bond donors (Lipinski definition) is 2. The van der Waals surface area contributed by atoms with Gasteiger partial charge in [-0.25, -0.2) is 9.97 Å². The lowest BCUT2D eigenvalue weighted by atomic mass is 9.89. The standard InChI is InChI=1S/C20H26N4O3/c1-13(2)23-20-21-8-14(9-22-20)10-24-11-17(18(12-24)19(25)26)15-5-4-6-16(7-15)27-3/h4-9,13,17-18H,10-12H2,1-3H3,(H,25,26)(H,21,22,23)/t17-,18+/m0/s1. The summed E-state index contributed by atoms with van der Waals surface area (Å²) in [5, 5.41) is 12.8. The van der Waals surface area contributed by atoms with Gasteiger partial charge in [-0.15, -0.1) is 0 Å². The van der Waals surface area contributed by atoms with Crippen molar-refractivity contribution in [3.8, 4) is 5.75 Å². The molecule has 1 aromatic carbocycles. The first-order valence-corrected chi connectivity index (χ1v) is 9.13. The fourth-order valence-electron chi connectivity index (χ4n) is 3.50. The van der Waals surface area contributed by atoms with Gasteiger partial charge in [0.25, 0.3) is 0 Å². The lowest BCUT2D eigenvalue weighted by Gasteiger charge is -2.17. The fourth-order valence-corrected chi connectivity index (χ4v) is 3.50. The van der Waals surface area contributed by atoms with Crippen molar-refractivity contribution in [3.05, 3.63) is 47.8 Å². The number of methoxy groups -OCH3 is 1. The third-order valence-electron chi connectivity index (χ3n) is 4.76. The van der Waals surface area contributed by atoms with E-state index in [4.69, 9.17) is 4.74 Å². The van der Waals surface area contributed by atoms with Crippen molar-refractivity contribution in [3.63, 3.8) is 0 Å². The van der Waals surface area contributed by atoms with Gasteiger partial charge in [-0.2, -0.15) is 0 Å². The van der Waals surface area contributed by atoms with Gasteiger partial charge in [-0.05, 0) is 31.5 Å². The molecule has 27 heavy (non-hydrogen) atoms. The Bertz CT molecular complexity index is 779. The molecule has 0 saturated carbocycles. The van der Waals surface area contributed by atoms with Gasteiger partial charge >= 0.3 is 5.97 Å². The van der Waals surface area contributed by atoms with Gasteiger partial charge in [0, 0.05) is 49.6 Å². The van der Waals surface area contributed by atoms with E-state index in [0.29, 0.717) is 25.6 Å². The highest BCUT2D eigenvalue weighted by Crippen LogP contribution is 2.35. The van der Waals surface area contributed by atoms with Crippen molar-refractivity contribution >= 4 is 11.9 Å². The van der Waals surface area contributed by atoms with Gasteiger partial charge in [-0.1, -0.05) is 12.1 Å². The largest absolute Gasteiger partial charge is 0.497 e. The molecule has 0 amide bonds. The van der Waals surface area contributed by atoms with Crippen LogP contribution in [0.1, 0.15) is 30.9 Å². The molecule has 0 aliphatic carbocycles. The Hall–Kier alpha value is -2.67. The molecule has 2 heterocycles. The van der Waals surface area contributed by atoms with Crippen molar-refractivity contribution in [2.24, 2.45) is 5.92 Å². The van der Waals surface area contributed by atoms with Gasteiger partial charge < -0.3 is 15.2 Å². The van der Waals surface area contributed by atoms with Crippen LogP contribution >= 0.6 is 0 Å². The summed E-state index contributed by atoms with van der Waals surface area (Å²) in [5.74, 6) is 0.0722. The van der Waals surface area contributed by atoms with E-state index in [9.17, 15) is 9.90 Å². The predicted octanol–water partition coefficient (Wildman–Crippen LogP) is 2.61. The number of nitrogens with zero attached hydrogens (tertiary/aromatic N) is 3. The molecule has 1 aliphatic rings. The average Bonchev–Trinajstić information content (AvgIpc) is 3.07. The first-order chi connectivity index (χ1) is 13.0. The van der Waals surface area contributed by atoms with Crippen LogP contribution in [0.3, 0.4) is 0 Å². The maximum atomic E-state index is 11.8. The minimum atomic E-state index is -0.766. The number of nitrogens with one attached hydrogen (secondary N) is 1. The Labute approximate surface area is 159 Å². The summed E-state index contributed by atoms with van der Waals surface area (Å²) < 4.78 is 5.29. The Morgan fingerprint density at radius 1 is 1.33 bits per heavy atom. The van der Waals surface area contributed by atoms with Crippen LogP contribution < -0.4 is 10.1 Å². The number of aliphatic carboxylic acids is 1. The number of carboxylic acids is 1. The third-order valence-corrected chi connectivity index (χ3v) is 4.76. The fraction of sp³-hybridized carbons (Fsp3) is 0.450. The molecule has 2 atom stereocenters. The lowest BCUT2D eigenvalue weighted by molar-refractivity contribution is -0.141. The number of ether oxygens (including phenoxy) is 1. The molecule has 1 aliphatic heterocycles. The van der Waals surface area contributed by atoms with Crippen LogP contribution in [-0.4, -0.2) is 52.2 Å². The zero-order valence-electron chi connectivity index (χ0n) is 15.9. The number of anilines is 1. The minimum Gasteiger partial charge on any atom is -0.497 e. The molecule has 1 saturated heterocycles. The van der Waals surface area contributed by atoms with Crippen LogP contribution in [-0.2, 0) is 11.3 Å². The maximum Gasteiger partial charge on any atom is 0.308 e. The second-order valence-corrected chi connectivity index (χ2v) is 7.24. The first kappa shape index (κ1) is 19.1. The summed E-state index contributed by atoms with van der Waals surface area (Å²) >= 11 is 0. The number of carboxylic acid groups (broad SMARTS) is 1. The molecule has 7 heteroatoms. The molecule has 0 spiro atoms. The molecule has 2 N–H and O–H groups in total. The van der Waals surface area contributed by atoms with E-state index in [1.54, 1.807) is 19.5 Å². The van der Waals surface area contributed by atoms with Crippen LogP contribution in [0, 0.1) is 5.92 Å². The molecule has 1 fully saturated rings. The molecular formula is C20H26N4O3. The summed E-state index contributed by atoms with van der Waals surface area (Å²) in [4.78, 5) is 22.6. The third kappa shape index (κ3) is 4.74. The number of likely N-dealkylation sites (tertiary alicyclic amines) is 1. The Morgan fingerprint density at radius 2 is 2.07 bits per heavy atom. The van der Waals surface area contributed by atoms with Gasteiger partial charge in [0.05, 0.1) is 13.0 Å². The summed E-state index contributed by atoms with van der Waals surface area (Å²) in [6.45, 7) is 5.88. The number of aromatic nitrogens is 2. The monoisotopic (exact) mass is 370 g/mol. The summed E-state index contributed by atoms with van der Waals surface area (Å²) in [6, 6.07) is 7.95. The molecule has 2 aromatic rings. The number of hydrogen-bond acceptors (Lipinski definition) is 6. The van der Waals surface area contributed by atoms with E-state index >= 15 is 0 Å². The smallest absolute Gasteiger partial charge is 0.308 e. The highest BCUT2D eigenvalue weighted by molar-refractivity contribution is 5.72. The van der Waals surface area contributed by atoms with Gasteiger partial charge in [0.1, 0.15) is 5.75 Å². The molecular weight excluding hydrogens is 344 g/mol. The zero-order valence-corrected chi connectivity index (χ0v) is 15.9. The average molecular weight is 370 g/mol. The highest BCUT2D eigenvalue weighted by Gasteiger charge is 2.38. The Morgan fingerprint density at radius 3 is 2.70 bits per heavy atom. The molecule has 0 unspecified atom stereocenters. The van der Waals surface area contributed by atoms with Crippen molar-refractivity contribution in [2.75, 3.05) is 25.5 Å². The van der Waals surface area contributed by atoms with Crippen LogP contribution in [0.5, 0.6) is 5.75 Å². The van der Waals surface area contributed by atoms with Gasteiger partial charge in [0.15, 0.2) is 0 Å². The summed E-state index contributed by atoms with van der Waals surface area (Å²) in [6.07, 6.45) is 3.60. The van der Waals surface area contributed by atoms with E-state index in [0.717, 1.165) is 16.9 Å². The van der Waals surface area contributed by atoms with Gasteiger partial charge in [0.2, 0.25) is 5.95 Å². The van der Waals surface area contributed by atoms with Gasteiger partial charge in [-0.3, -0.25) is 9.69 Å². The van der Waals surface area contributed by atoms with E-state index < -0.39 is 11.9 Å². The first-order valence-electron chi connectivity index (χ1n) is 9.13. The van der Waals surface area contributed by atoms with Crippen LogP contribution in [0.25, 0.3) is 0 Å². The molecule has 3 rings (SSSR count). The van der Waals surface area contributed by atoms with Crippen molar-refractivity contribution in [2.45, 2.75) is 32.4 Å². The number of carbonyl (C=O) groups is 1. The molecule has 7 nitrogen and oxygen atoms in total. The summed E-state index contributed by atoms with van der Waals surface area (Å²) in [5.41, 5.74) is 1.97. The summed E-state index contributed by atoms with van der Waals surface area (Å²) in [7, 11) is 1.62. The van der Waals surface area contributed by atoms with Crippen molar-refractivity contribution < 1.29 is 14.6 Å². The van der Waals surface area contributed by atoms with E-state index in [1.807, 2.05) is 38.1 Å². The predicted molar refractivity (Wildman–Crippen MR) is 103 cm³/mol. The van der Waals surface area contributed by atoms with Crippen LogP contribution in [0.15, 0.2) is 36.7 Å². The zero-order chi connectivity index (χ0) is 19.4. The molecule has 144 valence electrons. The topological polar surface area (TPSA) is 87.6 Å². The van der Waals surface area contributed by atoms with Crippen molar-refractivity contribution in [1.29, 1.82) is 0 Å². The van der Waals surface area contributed by atoms with E-state index in [-0.39, 0.29) is 12.0 Å². The number of rotatable bonds is 7. The van der Waals surface area contributed by atoms with Crippen LogP contribution in [0.2, 0.25) is 0 Å². The highest BCUT2D eigenvalue weighted by atomic mass is 16.5. The van der Waals surface area contributed by atoms with E-state index in [1.165, 1.54) is 0 Å². The second kappa shape index (κ2) is 8.35. The van der Waals surface area contributed by atoms with Crippen molar-refractivity contribution in [1.82, 2.24) is 14.9 Å². The Kier molecular flexibility index (Phi) is 5.91. The van der Waals surface area contributed by atoms with Crippen LogP contribution in [0.4, 0.5) is 5.95 Å². The quantitative estimate of drug-likeness (QED) is 0.774. The second-order valence-electron chi connectivity index (χ2n) is 7.24. The number of benzene rings is 1. The Balaban J connectivity index is 1.71. The minimum absolute atomic E-state index is 0.0691. The molecule has 0 radical (unpaired) electrons. The SMILES string of the molecule is COc1cccc([C@@H]2CN(Cc3cnc(NC(C)C)nc3)C[C@H]2C(=O)O)c1. The van der Waals surface area contributed by atoms with E-state index in [2.05, 4.69) is 20.2 Å².